The van der Waals surface area contributed by atoms with E-state index < -0.39 is 23.2 Å². The summed E-state index contributed by atoms with van der Waals surface area (Å²) in [6, 6.07) is 10.7. The van der Waals surface area contributed by atoms with E-state index in [9.17, 15) is 22.7 Å². The van der Waals surface area contributed by atoms with Gasteiger partial charge in [0.15, 0.2) is 0 Å². The first kappa shape index (κ1) is 20.6. The highest BCUT2D eigenvalue weighted by Gasteiger charge is 2.43. The van der Waals surface area contributed by atoms with E-state index in [4.69, 9.17) is 0 Å². The van der Waals surface area contributed by atoms with Gasteiger partial charge in [-0.15, -0.1) is 0 Å². The standard InChI is InChI=1S/C22H25F4NO/c1-27(2)20-9-4-3-7-15(20)13-16-8-5-6-12-21(16,28)17-10-11-19(23)18(14-17)22(24,25)26/h3-4,7,9-11,14,16,28H,5-6,8,12-13H2,1-2H3. The molecule has 0 aromatic heterocycles. The summed E-state index contributed by atoms with van der Waals surface area (Å²) in [5, 5.41) is 11.5. The molecule has 0 radical (unpaired) electrons. The van der Waals surface area contributed by atoms with Crippen LogP contribution >= 0.6 is 0 Å². The van der Waals surface area contributed by atoms with E-state index in [0.717, 1.165) is 36.2 Å². The summed E-state index contributed by atoms with van der Waals surface area (Å²) in [7, 11) is 3.86. The quantitative estimate of drug-likeness (QED) is 0.688. The SMILES string of the molecule is CN(C)c1ccccc1CC1CCCCC1(O)c1ccc(F)c(C(F)(F)F)c1. The smallest absolute Gasteiger partial charge is 0.385 e. The number of halogens is 4. The summed E-state index contributed by atoms with van der Waals surface area (Å²) in [5.74, 6) is -1.56. The molecule has 6 heteroatoms. The zero-order valence-corrected chi connectivity index (χ0v) is 16.1. The van der Waals surface area contributed by atoms with Gasteiger partial charge in [0, 0.05) is 19.8 Å². The van der Waals surface area contributed by atoms with Gasteiger partial charge in [0.1, 0.15) is 5.82 Å². The zero-order chi connectivity index (χ0) is 20.5. The Labute approximate surface area is 162 Å². The highest BCUT2D eigenvalue weighted by molar-refractivity contribution is 5.52. The molecule has 0 heterocycles. The van der Waals surface area contributed by atoms with Crippen LogP contribution in [0.25, 0.3) is 0 Å². The summed E-state index contributed by atoms with van der Waals surface area (Å²) < 4.78 is 53.3. The van der Waals surface area contributed by atoms with Crippen molar-refractivity contribution in [3.05, 3.63) is 65.0 Å². The first-order valence-corrected chi connectivity index (χ1v) is 9.48. The maximum Gasteiger partial charge on any atom is 0.419 e. The molecule has 0 amide bonds. The zero-order valence-electron chi connectivity index (χ0n) is 16.1. The fraction of sp³-hybridized carbons (Fsp3) is 0.455. The van der Waals surface area contributed by atoms with Crippen molar-refractivity contribution in [2.24, 2.45) is 5.92 Å². The van der Waals surface area contributed by atoms with Crippen LogP contribution in [0.5, 0.6) is 0 Å². The molecule has 2 nitrogen and oxygen atoms in total. The van der Waals surface area contributed by atoms with E-state index in [2.05, 4.69) is 0 Å². The van der Waals surface area contributed by atoms with Crippen LogP contribution < -0.4 is 4.90 Å². The Balaban J connectivity index is 1.99. The highest BCUT2D eigenvalue weighted by Crippen LogP contribution is 2.45. The summed E-state index contributed by atoms with van der Waals surface area (Å²) in [4.78, 5) is 1.98. The Hall–Kier alpha value is -2.08. The lowest BCUT2D eigenvalue weighted by atomic mass is 9.69. The van der Waals surface area contributed by atoms with Crippen molar-refractivity contribution in [3.8, 4) is 0 Å². The van der Waals surface area contributed by atoms with Gasteiger partial charge in [-0.3, -0.25) is 0 Å². The second-order valence-corrected chi connectivity index (χ2v) is 7.79. The van der Waals surface area contributed by atoms with Gasteiger partial charge in [-0.05, 0) is 54.5 Å². The Bertz CT molecular complexity index is 834. The van der Waals surface area contributed by atoms with E-state index in [1.165, 1.54) is 6.07 Å². The monoisotopic (exact) mass is 395 g/mol. The molecule has 2 atom stereocenters. The predicted octanol–water partition coefficient (Wildman–Crippen LogP) is 5.53. The summed E-state index contributed by atoms with van der Waals surface area (Å²) in [6.45, 7) is 0. The third kappa shape index (κ3) is 4.02. The molecule has 1 aliphatic carbocycles. The van der Waals surface area contributed by atoms with E-state index in [1.807, 2.05) is 43.3 Å². The van der Waals surface area contributed by atoms with Crippen molar-refractivity contribution in [1.29, 1.82) is 0 Å². The molecule has 152 valence electrons. The van der Waals surface area contributed by atoms with Crippen LogP contribution in [0.1, 0.15) is 42.4 Å². The minimum absolute atomic E-state index is 0.147. The van der Waals surface area contributed by atoms with Crippen molar-refractivity contribution in [1.82, 2.24) is 0 Å². The second kappa shape index (κ2) is 7.74. The first-order valence-electron chi connectivity index (χ1n) is 9.48. The average molecular weight is 395 g/mol. The van der Waals surface area contributed by atoms with Crippen molar-refractivity contribution in [2.45, 2.75) is 43.9 Å². The van der Waals surface area contributed by atoms with Gasteiger partial charge >= 0.3 is 6.18 Å². The van der Waals surface area contributed by atoms with Crippen molar-refractivity contribution < 1.29 is 22.7 Å². The van der Waals surface area contributed by atoms with Gasteiger partial charge < -0.3 is 10.0 Å². The van der Waals surface area contributed by atoms with Crippen molar-refractivity contribution in [3.63, 3.8) is 0 Å². The topological polar surface area (TPSA) is 23.5 Å². The molecule has 1 aliphatic rings. The fourth-order valence-electron chi connectivity index (χ4n) is 4.28. The number of benzene rings is 2. The van der Waals surface area contributed by atoms with Gasteiger partial charge in [0.05, 0.1) is 11.2 Å². The van der Waals surface area contributed by atoms with Gasteiger partial charge in [-0.25, -0.2) is 4.39 Å². The van der Waals surface area contributed by atoms with Crippen molar-refractivity contribution in [2.75, 3.05) is 19.0 Å². The second-order valence-electron chi connectivity index (χ2n) is 7.79. The lowest BCUT2D eigenvalue weighted by Gasteiger charge is -2.41. The first-order chi connectivity index (χ1) is 13.1. The molecule has 1 N–H and O–H groups in total. The molecule has 2 aromatic rings. The minimum atomic E-state index is -4.79. The maximum atomic E-state index is 13.7. The minimum Gasteiger partial charge on any atom is -0.385 e. The molecule has 28 heavy (non-hydrogen) atoms. The van der Waals surface area contributed by atoms with Crippen LogP contribution in [0.3, 0.4) is 0 Å². The van der Waals surface area contributed by atoms with E-state index in [0.29, 0.717) is 19.3 Å². The summed E-state index contributed by atoms with van der Waals surface area (Å²) in [6.07, 6.45) is -1.55. The van der Waals surface area contributed by atoms with Gasteiger partial charge in [0.2, 0.25) is 0 Å². The molecule has 2 aromatic carbocycles. The third-order valence-electron chi connectivity index (χ3n) is 5.75. The lowest BCUT2D eigenvalue weighted by Crippen LogP contribution is -2.39. The molecule has 1 fully saturated rings. The fourth-order valence-corrected chi connectivity index (χ4v) is 4.28. The van der Waals surface area contributed by atoms with E-state index >= 15 is 0 Å². The van der Waals surface area contributed by atoms with Crippen LogP contribution in [0.4, 0.5) is 23.2 Å². The molecule has 0 spiro atoms. The summed E-state index contributed by atoms with van der Waals surface area (Å²) in [5.41, 5.74) is -0.531. The third-order valence-corrected chi connectivity index (χ3v) is 5.75. The average Bonchev–Trinajstić information content (AvgIpc) is 2.63. The number of rotatable bonds is 4. The van der Waals surface area contributed by atoms with E-state index in [-0.39, 0.29) is 11.5 Å². The Morgan fingerprint density at radius 2 is 1.82 bits per heavy atom. The van der Waals surface area contributed by atoms with Crippen LogP contribution in [-0.2, 0) is 18.2 Å². The van der Waals surface area contributed by atoms with Crippen LogP contribution in [0.2, 0.25) is 0 Å². The number of hydrogen-bond donors (Lipinski definition) is 1. The number of anilines is 1. The Morgan fingerprint density at radius 1 is 1.11 bits per heavy atom. The predicted molar refractivity (Wildman–Crippen MR) is 102 cm³/mol. The molecule has 2 unspecified atom stereocenters. The largest absolute Gasteiger partial charge is 0.419 e. The number of hydrogen-bond acceptors (Lipinski definition) is 2. The van der Waals surface area contributed by atoms with Crippen molar-refractivity contribution >= 4 is 5.69 Å². The van der Waals surface area contributed by atoms with Gasteiger partial charge in [-0.2, -0.15) is 13.2 Å². The van der Waals surface area contributed by atoms with Gasteiger partial charge in [0.25, 0.3) is 0 Å². The number of para-hydroxylation sites is 1. The number of nitrogens with zero attached hydrogens (tertiary/aromatic N) is 1. The van der Waals surface area contributed by atoms with Crippen LogP contribution in [0.15, 0.2) is 42.5 Å². The van der Waals surface area contributed by atoms with E-state index in [1.54, 1.807) is 0 Å². The highest BCUT2D eigenvalue weighted by atomic mass is 19.4. The molecule has 0 bridgehead atoms. The molecular weight excluding hydrogens is 370 g/mol. The Morgan fingerprint density at radius 3 is 2.50 bits per heavy atom. The van der Waals surface area contributed by atoms with Gasteiger partial charge in [-0.1, -0.05) is 37.1 Å². The summed E-state index contributed by atoms with van der Waals surface area (Å²) >= 11 is 0. The normalized spacial score (nSPS) is 22.9. The lowest BCUT2D eigenvalue weighted by molar-refractivity contribution is -0.140. The Kier molecular flexibility index (Phi) is 5.71. The van der Waals surface area contributed by atoms with Crippen LogP contribution in [0, 0.1) is 11.7 Å². The maximum absolute atomic E-state index is 13.7. The number of aliphatic hydroxyl groups is 1. The molecule has 3 rings (SSSR count). The molecule has 0 saturated heterocycles. The molecule has 0 aliphatic heterocycles. The molecular formula is C22H25F4NO. The molecule has 1 saturated carbocycles. The van der Waals surface area contributed by atoms with Crippen LogP contribution in [-0.4, -0.2) is 19.2 Å². The number of alkyl halides is 3.